The summed E-state index contributed by atoms with van der Waals surface area (Å²) in [6, 6.07) is 5.02. The molecule has 5 heteroatoms. The first-order valence-corrected chi connectivity index (χ1v) is 10.6. The maximum atomic E-state index is 13.4. The van der Waals surface area contributed by atoms with Crippen LogP contribution >= 0.6 is 0 Å². The first-order valence-electron chi connectivity index (χ1n) is 10.6. The summed E-state index contributed by atoms with van der Waals surface area (Å²) in [5.74, 6) is 0.992. The molecule has 2 fully saturated rings. The minimum absolute atomic E-state index is 0.00702. The normalized spacial score (nSPS) is 32.3. The first-order chi connectivity index (χ1) is 13.1. The second kappa shape index (κ2) is 8.29. The number of benzene rings is 1. The van der Waals surface area contributed by atoms with E-state index in [0.717, 1.165) is 25.3 Å². The highest BCUT2D eigenvalue weighted by Gasteiger charge is 2.44. The third-order valence-corrected chi connectivity index (χ3v) is 6.84. The third kappa shape index (κ3) is 4.87. The molecule has 4 nitrogen and oxygen atoms in total. The first kappa shape index (κ1) is 21.5. The van der Waals surface area contributed by atoms with E-state index in [1.54, 1.807) is 19.1 Å². The molecule has 1 heterocycles. The van der Waals surface area contributed by atoms with E-state index in [0.29, 0.717) is 35.7 Å². The molecular weight excluding hydrogens is 357 g/mol. The van der Waals surface area contributed by atoms with E-state index >= 15 is 0 Å². The summed E-state index contributed by atoms with van der Waals surface area (Å²) < 4.78 is 19.2. The molecule has 0 unspecified atom stereocenters. The Hall–Kier alpha value is -1.17. The van der Waals surface area contributed by atoms with E-state index in [1.807, 2.05) is 0 Å². The van der Waals surface area contributed by atoms with E-state index in [4.69, 9.17) is 4.74 Å². The van der Waals surface area contributed by atoms with Crippen molar-refractivity contribution in [3.63, 3.8) is 0 Å². The molecule has 2 N–H and O–H groups in total. The lowest BCUT2D eigenvalue weighted by molar-refractivity contribution is -0.147. The van der Waals surface area contributed by atoms with Gasteiger partial charge in [0.05, 0.1) is 6.10 Å². The zero-order chi connectivity index (χ0) is 20.5. The highest BCUT2D eigenvalue weighted by Crippen LogP contribution is 2.40. The van der Waals surface area contributed by atoms with Gasteiger partial charge in [-0.3, -0.25) is 4.90 Å². The van der Waals surface area contributed by atoms with Gasteiger partial charge in [0, 0.05) is 19.1 Å². The van der Waals surface area contributed by atoms with Gasteiger partial charge >= 0.3 is 0 Å². The molecule has 28 heavy (non-hydrogen) atoms. The van der Waals surface area contributed by atoms with Crippen LogP contribution in [0.5, 0.6) is 5.75 Å². The molecule has 2 atom stereocenters. The van der Waals surface area contributed by atoms with Crippen molar-refractivity contribution in [3.8, 4) is 5.75 Å². The predicted molar refractivity (Wildman–Crippen MR) is 109 cm³/mol. The van der Waals surface area contributed by atoms with E-state index in [9.17, 15) is 14.6 Å². The SMILES string of the molecule is Cc1cc(OC[C@@]2(O)CN(C3CCC(C(C)(C)C)CC3)CC[C@@H]2O)ccc1F. The predicted octanol–water partition coefficient (Wildman–Crippen LogP) is 3.92. The van der Waals surface area contributed by atoms with E-state index in [1.165, 1.54) is 18.9 Å². The van der Waals surface area contributed by atoms with Crippen molar-refractivity contribution >= 4 is 0 Å². The van der Waals surface area contributed by atoms with Crippen molar-refractivity contribution in [2.75, 3.05) is 19.7 Å². The van der Waals surface area contributed by atoms with E-state index < -0.39 is 11.7 Å². The number of β-amino-alcohol motifs (C(OH)–C–C–N with tert-alkyl or cyclic N) is 1. The average Bonchev–Trinajstić information content (AvgIpc) is 2.65. The molecule has 0 spiro atoms. The molecule has 1 aliphatic heterocycles. The average molecular weight is 394 g/mol. The standard InChI is InChI=1S/C23H36FNO3/c1-16-13-19(9-10-20(16)24)28-15-23(27)14-25(12-11-21(23)26)18-7-5-17(6-8-18)22(2,3)4/h9-10,13,17-18,21,26-27H,5-8,11-12,14-15H2,1-4H3/t17?,18?,21-,23-/m0/s1. The summed E-state index contributed by atoms with van der Waals surface area (Å²) in [6.45, 7) is 9.88. The van der Waals surface area contributed by atoms with Gasteiger partial charge < -0.3 is 14.9 Å². The van der Waals surface area contributed by atoms with Crippen LogP contribution in [0, 0.1) is 24.1 Å². The number of nitrogens with zero attached hydrogens (tertiary/aromatic N) is 1. The van der Waals surface area contributed by atoms with Crippen LogP contribution in [0.3, 0.4) is 0 Å². The quantitative estimate of drug-likeness (QED) is 0.814. The van der Waals surface area contributed by atoms with Crippen molar-refractivity contribution in [2.45, 2.75) is 77.5 Å². The summed E-state index contributed by atoms with van der Waals surface area (Å²) >= 11 is 0. The van der Waals surface area contributed by atoms with Crippen LogP contribution in [0.25, 0.3) is 0 Å². The Morgan fingerprint density at radius 2 is 1.86 bits per heavy atom. The molecule has 1 saturated carbocycles. The Kier molecular flexibility index (Phi) is 6.38. The van der Waals surface area contributed by atoms with Gasteiger partial charge in [-0.15, -0.1) is 0 Å². The second-order valence-electron chi connectivity index (χ2n) is 9.95. The zero-order valence-electron chi connectivity index (χ0n) is 17.7. The fourth-order valence-corrected chi connectivity index (χ4v) is 4.77. The summed E-state index contributed by atoms with van der Waals surface area (Å²) in [6.07, 6.45) is 4.46. The van der Waals surface area contributed by atoms with Gasteiger partial charge in [-0.2, -0.15) is 0 Å². The smallest absolute Gasteiger partial charge is 0.137 e. The highest BCUT2D eigenvalue weighted by molar-refractivity contribution is 5.29. The molecule has 0 radical (unpaired) electrons. The van der Waals surface area contributed by atoms with Crippen LogP contribution in [-0.4, -0.2) is 52.6 Å². The number of piperidine rings is 1. The van der Waals surface area contributed by atoms with Crippen LogP contribution in [-0.2, 0) is 0 Å². The molecule has 0 bridgehead atoms. The Balaban J connectivity index is 1.59. The van der Waals surface area contributed by atoms with Crippen LogP contribution in [0.4, 0.5) is 4.39 Å². The minimum Gasteiger partial charge on any atom is -0.490 e. The van der Waals surface area contributed by atoms with E-state index in [2.05, 4.69) is 25.7 Å². The summed E-state index contributed by atoms with van der Waals surface area (Å²) in [4.78, 5) is 2.34. The van der Waals surface area contributed by atoms with E-state index in [-0.39, 0.29) is 12.4 Å². The molecular formula is C23H36FNO3. The Labute approximate surface area is 168 Å². The van der Waals surface area contributed by atoms with Crippen molar-refractivity contribution < 1.29 is 19.3 Å². The number of aliphatic hydroxyl groups is 2. The maximum Gasteiger partial charge on any atom is 0.137 e. The second-order valence-corrected chi connectivity index (χ2v) is 9.95. The van der Waals surface area contributed by atoms with Crippen LogP contribution in [0.15, 0.2) is 18.2 Å². The van der Waals surface area contributed by atoms with Gasteiger partial charge in [-0.1, -0.05) is 20.8 Å². The summed E-state index contributed by atoms with van der Waals surface area (Å²) in [5, 5.41) is 21.6. The van der Waals surface area contributed by atoms with Gasteiger partial charge in [0.25, 0.3) is 0 Å². The Bertz CT molecular complexity index is 666. The number of hydrogen-bond donors (Lipinski definition) is 2. The fraction of sp³-hybridized carbons (Fsp3) is 0.739. The van der Waals surface area contributed by atoms with Crippen molar-refractivity contribution in [1.82, 2.24) is 4.90 Å². The molecule has 158 valence electrons. The van der Waals surface area contributed by atoms with Gasteiger partial charge in [-0.25, -0.2) is 4.39 Å². The maximum absolute atomic E-state index is 13.4. The number of aliphatic hydroxyl groups excluding tert-OH is 1. The lowest BCUT2D eigenvalue weighted by Crippen LogP contribution is -2.62. The Morgan fingerprint density at radius 3 is 2.46 bits per heavy atom. The summed E-state index contributed by atoms with van der Waals surface area (Å²) in [5.41, 5.74) is -0.447. The number of rotatable bonds is 4. The fourth-order valence-electron chi connectivity index (χ4n) is 4.77. The molecule has 0 aromatic heterocycles. The zero-order valence-corrected chi connectivity index (χ0v) is 17.7. The third-order valence-electron chi connectivity index (χ3n) is 6.84. The van der Waals surface area contributed by atoms with Gasteiger partial charge in [0.1, 0.15) is 23.8 Å². The topological polar surface area (TPSA) is 52.9 Å². The van der Waals surface area contributed by atoms with Crippen LogP contribution in [0.1, 0.15) is 58.4 Å². The molecule has 1 aromatic rings. The number of hydrogen-bond acceptors (Lipinski definition) is 4. The molecule has 0 amide bonds. The lowest BCUT2D eigenvalue weighted by Gasteiger charge is -2.47. The highest BCUT2D eigenvalue weighted by atomic mass is 19.1. The number of halogens is 1. The molecule has 1 aliphatic carbocycles. The lowest BCUT2D eigenvalue weighted by atomic mass is 9.71. The number of ether oxygens (including phenoxy) is 1. The van der Waals surface area contributed by atoms with Crippen LogP contribution in [0.2, 0.25) is 0 Å². The minimum atomic E-state index is -1.30. The van der Waals surface area contributed by atoms with Crippen LogP contribution < -0.4 is 4.74 Å². The molecule has 1 aromatic carbocycles. The summed E-state index contributed by atoms with van der Waals surface area (Å²) in [7, 11) is 0. The Morgan fingerprint density at radius 1 is 1.18 bits per heavy atom. The molecule has 2 aliphatic rings. The largest absolute Gasteiger partial charge is 0.490 e. The van der Waals surface area contributed by atoms with Crippen molar-refractivity contribution in [2.24, 2.45) is 11.3 Å². The number of aryl methyl sites for hydroxylation is 1. The van der Waals surface area contributed by atoms with Crippen molar-refractivity contribution in [3.05, 3.63) is 29.6 Å². The molecule has 3 rings (SSSR count). The van der Waals surface area contributed by atoms with Gasteiger partial charge in [0.15, 0.2) is 0 Å². The van der Waals surface area contributed by atoms with Gasteiger partial charge in [-0.05, 0) is 74.1 Å². The molecule has 1 saturated heterocycles. The van der Waals surface area contributed by atoms with Crippen molar-refractivity contribution in [1.29, 1.82) is 0 Å². The van der Waals surface area contributed by atoms with Gasteiger partial charge in [0.2, 0.25) is 0 Å². The monoisotopic (exact) mass is 393 g/mol. The number of likely N-dealkylation sites (tertiary alicyclic amines) is 1.